The Hall–Kier alpha value is -0.850. The molecule has 2 fully saturated rings. The van der Waals surface area contributed by atoms with Gasteiger partial charge < -0.3 is 0 Å². The fraction of sp³-hybridized carbons (Fsp3) is 0.815. The number of aromatic nitrogens is 1. The van der Waals surface area contributed by atoms with Crippen LogP contribution in [0.15, 0.2) is 18.3 Å². The van der Waals surface area contributed by atoms with Gasteiger partial charge in [-0.1, -0.05) is 71.3 Å². The van der Waals surface area contributed by atoms with Crippen LogP contribution in [0.4, 0.5) is 0 Å². The van der Waals surface area contributed by atoms with E-state index in [0.717, 1.165) is 23.7 Å². The van der Waals surface area contributed by atoms with E-state index in [4.69, 9.17) is 4.98 Å². The summed E-state index contributed by atoms with van der Waals surface area (Å²) in [7, 11) is 0. The average Bonchev–Trinajstić information content (AvgIpc) is 2.75. The average molecular weight is 384 g/mol. The number of aryl methyl sites for hydroxylation is 2. The molecular formula is C27H45N. The normalized spacial score (nSPS) is 28.4. The summed E-state index contributed by atoms with van der Waals surface area (Å²) in [6, 6.07) is 4.62. The van der Waals surface area contributed by atoms with Crippen molar-refractivity contribution in [1.29, 1.82) is 0 Å². The monoisotopic (exact) mass is 383 g/mol. The summed E-state index contributed by atoms with van der Waals surface area (Å²) in [5.41, 5.74) is 2.74. The Balaban J connectivity index is 1.32. The maximum absolute atomic E-state index is 4.75. The van der Waals surface area contributed by atoms with E-state index in [1.54, 1.807) is 0 Å². The molecule has 28 heavy (non-hydrogen) atoms. The SMILES string of the molecule is CCCCCc1ccc(CC[C@H]2CC[C@H]([C@H]3CC[C@H](CCC)CC3)CC2)nc1. The second-order valence-corrected chi connectivity index (χ2v) is 10.0. The van der Waals surface area contributed by atoms with Crippen LogP contribution in [0.3, 0.4) is 0 Å². The van der Waals surface area contributed by atoms with Gasteiger partial charge in [-0.05, 0) is 86.7 Å². The van der Waals surface area contributed by atoms with Gasteiger partial charge in [0.15, 0.2) is 0 Å². The van der Waals surface area contributed by atoms with Crippen LogP contribution >= 0.6 is 0 Å². The molecule has 2 aliphatic carbocycles. The van der Waals surface area contributed by atoms with Crippen LogP contribution in [0.1, 0.15) is 115 Å². The van der Waals surface area contributed by atoms with E-state index in [1.807, 2.05) is 0 Å². The summed E-state index contributed by atoms with van der Waals surface area (Å²) in [5.74, 6) is 4.14. The standard InChI is InChI=1S/C27H45N/c1-3-5-6-8-24-14-20-27(28-21-24)19-13-23-11-17-26(18-12-23)25-15-9-22(7-4-2)10-16-25/h14,20-23,25-26H,3-13,15-19H2,1-2H3/t22-,23-,25-,26-. The van der Waals surface area contributed by atoms with Crippen molar-refractivity contribution < 1.29 is 0 Å². The van der Waals surface area contributed by atoms with Gasteiger partial charge in [-0.3, -0.25) is 4.98 Å². The molecule has 1 heteroatoms. The van der Waals surface area contributed by atoms with Crippen LogP contribution in [0.5, 0.6) is 0 Å². The molecule has 0 unspecified atom stereocenters. The first kappa shape index (κ1) is 21.8. The lowest BCUT2D eigenvalue weighted by atomic mass is 9.68. The van der Waals surface area contributed by atoms with Crippen LogP contribution in [0.2, 0.25) is 0 Å². The summed E-state index contributed by atoms with van der Waals surface area (Å²) in [4.78, 5) is 4.75. The largest absolute Gasteiger partial charge is 0.261 e. The van der Waals surface area contributed by atoms with Crippen molar-refractivity contribution >= 4 is 0 Å². The lowest BCUT2D eigenvalue weighted by Crippen LogP contribution is -2.26. The van der Waals surface area contributed by atoms with Gasteiger partial charge in [-0.25, -0.2) is 0 Å². The van der Waals surface area contributed by atoms with Gasteiger partial charge in [0.2, 0.25) is 0 Å². The highest BCUT2D eigenvalue weighted by molar-refractivity contribution is 5.14. The summed E-state index contributed by atoms with van der Waals surface area (Å²) < 4.78 is 0. The Kier molecular flexibility index (Phi) is 9.35. The van der Waals surface area contributed by atoms with Crippen molar-refractivity contribution in [3.8, 4) is 0 Å². The Morgan fingerprint density at radius 1 is 0.714 bits per heavy atom. The predicted molar refractivity (Wildman–Crippen MR) is 122 cm³/mol. The van der Waals surface area contributed by atoms with E-state index < -0.39 is 0 Å². The van der Waals surface area contributed by atoms with Gasteiger partial charge >= 0.3 is 0 Å². The number of unbranched alkanes of at least 4 members (excludes halogenated alkanes) is 2. The van der Waals surface area contributed by atoms with E-state index in [0.29, 0.717) is 0 Å². The topological polar surface area (TPSA) is 12.9 Å². The molecule has 0 saturated heterocycles. The number of pyridine rings is 1. The Labute approximate surface area is 175 Å². The minimum Gasteiger partial charge on any atom is -0.261 e. The molecule has 0 radical (unpaired) electrons. The number of hydrogen-bond acceptors (Lipinski definition) is 1. The zero-order valence-corrected chi connectivity index (χ0v) is 18.8. The molecule has 2 saturated carbocycles. The van der Waals surface area contributed by atoms with Gasteiger partial charge in [-0.15, -0.1) is 0 Å². The molecule has 0 N–H and O–H groups in total. The predicted octanol–water partition coefficient (Wildman–Crippen LogP) is 8.16. The first-order valence-corrected chi connectivity index (χ1v) is 12.7. The van der Waals surface area contributed by atoms with E-state index in [1.165, 1.54) is 114 Å². The number of hydrogen-bond donors (Lipinski definition) is 0. The Morgan fingerprint density at radius 2 is 1.36 bits per heavy atom. The van der Waals surface area contributed by atoms with E-state index in [9.17, 15) is 0 Å². The highest BCUT2D eigenvalue weighted by Gasteiger charge is 2.30. The van der Waals surface area contributed by atoms with Crippen molar-refractivity contribution in [2.24, 2.45) is 23.7 Å². The van der Waals surface area contributed by atoms with Crippen molar-refractivity contribution in [3.05, 3.63) is 29.6 Å². The van der Waals surface area contributed by atoms with Crippen LogP contribution in [0, 0.1) is 23.7 Å². The van der Waals surface area contributed by atoms with E-state index in [-0.39, 0.29) is 0 Å². The smallest absolute Gasteiger partial charge is 0.0403 e. The van der Waals surface area contributed by atoms with Gasteiger partial charge in [0.05, 0.1) is 0 Å². The summed E-state index contributed by atoms with van der Waals surface area (Å²) in [6.45, 7) is 4.62. The first-order chi connectivity index (χ1) is 13.8. The summed E-state index contributed by atoms with van der Waals surface area (Å²) in [6.07, 6.45) is 24.8. The molecule has 3 rings (SSSR count). The fourth-order valence-corrected chi connectivity index (χ4v) is 5.99. The van der Waals surface area contributed by atoms with Crippen molar-refractivity contribution in [3.63, 3.8) is 0 Å². The summed E-state index contributed by atoms with van der Waals surface area (Å²) in [5, 5.41) is 0. The minimum atomic E-state index is 0.957. The van der Waals surface area contributed by atoms with Gasteiger partial charge in [0.25, 0.3) is 0 Å². The van der Waals surface area contributed by atoms with Crippen LogP contribution in [0.25, 0.3) is 0 Å². The van der Waals surface area contributed by atoms with Crippen molar-refractivity contribution in [1.82, 2.24) is 4.98 Å². The fourth-order valence-electron chi connectivity index (χ4n) is 5.99. The molecule has 1 heterocycles. The molecule has 0 aromatic carbocycles. The molecule has 0 bridgehead atoms. The Bertz CT molecular complexity index is 518. The maximum Gasteiger partial charge on any atom is 0.0403 e. The van der Waals surface area contributed by atoms with E-state index >= 15 is 0 Å². The number of nitrogens with zero attached hydrogens (tertiary/aromatic N) is 1. The molecule has 1 aromatic heterocycles. The molecule has 2 aliphatic rings. The van der Waals surface area contributed by atoms with Crippen molar-refractivity contribution in [2.75, 3.05) is 0 Å². The third-order valence-electron chi connectivity index (χ3n) is 7.91. The highest BCUT2D eigenvalue weighted by atomic mass is 14.7. The molecule has 0 amide bonds. The summed E-state index contributed by atoms with van der Waals surface area (Å²) >= 11 is 0. The maximum atomic E-state index is 4.75. The first-order valence-electron chi connectivity index (χ1n) is 12.7. The van der Waals surface area contributed by atoms with Crippen LogP contribution in [-0.4, -0.2) is 4.98 Å². The van der Waals surface area contributed by atoms with Crippen molar-refractivity contribution in [2.45, 2.75) is 117 Å². The molecular weight excluding hydrogens is 338 g/mol. The molecule has 158 valence electrons. The molecule has 1 aromatic rings. The quantitative estimate of drug-likeness (QED) is 0.371. The molecule has 0 aliphatic heterocycles. The van der Waals surface area contributed by atoms with Crippen LogP contribution in [-0.2, 0) is 12.8 Å². The minimum absolute atomic E-state index is 0.957. The Morgan fingerprint density at radius 3 is 1.89 bits per heavy atom. The second-order valence-electron chi connectivity index (χ2n) is 10.0. The van der Waals surface area contributed by atoms with Gasteiger partial charge in [-0.2, -0.15) is 0 Å². The van der Waals surface area contributed by atoms with E-state index in [2.05, 4.69) is 32.2 Å². The molecule has 0 spiro atoms. The van der Waals surface area contributed by atoms with Crippen LogP contribution < -0.4 is 0 Å². The third-order valence-corrected chi connectivity index (χ3v) is 7.91. The lowest BCUT2D eigenvalue weighted by Gasteiger charge is -2.38. The zero-order valence-electron chi connectivity index (χ0n) is 18.8. The lowest BCUT2D eigenvalue weighted by molar-refractivity contribution is 0.141. The van der Waals surface area contributed by atoms with Gasteiger partial charge in [0.1, 0.15) is 0 Å². The number of rotatable bonds is 10. The molecule has 1 nitrogen and oxygen atoms in total. The highest BCUT2D eigenvalue weighted by Crippen LogP contribution is 2.42. The second kappa shape index (κ2) is 12.0. The van der Waals surface area contributed by atoms with Gasteiger partial charge in [0, 0.05) is 11.9 Å². The third kappa shape index (κ3) is 6.89. The molecule has 0 atom stereocenters. The zero-order chi connectivity index (χ0) is 19.6.